The normalized spacial score (nSPS) is 16.7. The molecular formula is C23H25N3O3. The lowest BCUT2D eigenvalue weighted by Gasteiger charge is -2.35. The molecule has 1 aliphatic heterocycles. The summed E-state index contributed by atoms with van der Waals surface area (Å²) >= 11 is 0. The second-order valence-electron chi connectivity index (χ2n) is 7.47. The number of likely N-dealkylation sites (tertiary alicyclic amines) is 1. The zero-order valence-electron chi connectivity index (χ0n) is 16.6. The maximum Gasteiger partial charge on any atom is 0.410 e. The summed E-state index contributed by atoms with van der Waals surface area (Å²) in [5.41, 5.74) is 2.68. The summed E-state index contributed by atoms with van der Waals surface area (Å²) in [7, 11) is 0. The van der Waals surface area contributed by atoms with Gasteiger partial charge in [-0.05, 0) is 37.0 Å². The van der Waals surface area contributed by atoms with Crippen molar-refractivity contribution in [2.75, 3.05) is 6.54 Å². The first kappa shape index (κ1) is 19.2. The van der Waals surface area contributed by atoms with Crippen LogP contribution >= 0.6 is 0 Å². The Hall–Kier alpha value is -3.15. The summed E-state index contributed by atoms with van der Waals surface area (Å²) in [6.07, 6.45) is 2.59. The van der Waals surface area contributed by atoms with E-state index < -0.39 is 0 Å². The number of hydrogen-bond acceptors (Lipinski definition) is 4. The molecule has 0 aliphatic carbocycles. The molecule has 1 aromatic heterocycles. The fraction of sp³-hybridized carbons (Fsp3) is 0.348. The second kappa shape index (κ2) is 8.47. The lowest BCUT2D eigenvalue weighted by atomic mass is 10.0. The van der Waals surface area contributed by atoms with Gasteiger partial charge in [-0.2, -0.15) is 0 Å². The van der Waals surface area contributed by atoms with Crippen LogP contribution in [0.4, 0.5) is 4.79 Å². The van der Waals surface area contributed by atoms with Gasteiger partial charge in [0.15, 0.2) is 11.6 Å². The van der Waals surface area contributed by atoms with Crippen LogP contribution in [0.1, 0.15) is 42.4 Å². The Bertz CT molecular complexity index is 1010. The van der Waals surface area contributed by atoms with Crippen molar-refractivity contribution in [2.45, 2.75) is 45.4 Å². The molecule has 1 saturated heterocycles. The van der Waals surface area contributed by atoms with Crippen molar-refractivity contribution in [2.24, 2.45) is 0 Å². The Morgan fingerprint density at radius 1 is 1.07 bits per heavy atom. The maximum absolute atomic E-state index is 12.8. The average molecular weight is 391 g/mol. The van der Waals surface area contributed by atoms with Crippen LogP contribution in [-0.2, 0) is 17.9 Å². The van der Waals surface area contributed by atoms with Crippen LogP contribution < -0.4 is 0 Å². The van der Waals surface area contributed by atoms with Gasteiger partial charge in [-0.1, -0.05) is 42.5 Å². The molecule has 6 nitrogen and oxygen atoms in total. The number of carbonyl (C=O) groups is 2. The van der Waals surface area contributed by atoms with E-state index in [-0.39, 0.29) is 24.5 Å². The van der Waals surface area contributed by atoms with Crippen LogP contribution in [0, 0.1) is 0 Å². The molecule has 1 atom stereocenters. The van der Waals surface area contributed by atoms with E-state index in [1.165, 1.54) is 6.92 Å². The first-order valence-corrected chi connectivity index (χ1v) is 10.1. The Labute approximate surface area is 170 Å². The minimum atomic E-state index is -0.299. The number of ether oxygens (including phenoxy) is 1. The third kappa shape index (κ3) is 4.16. The Morgan fingerprint density at radius 3 is 2.62 bits per heavy atom. The largest absolute Gasteiger partial charge is 0.445 e. The van der Waals surface area contributed by atoms with Gasteiger partial charge in [0, 0.05) is 20.0 Å². The minimum Gasteiger partial charge on any atom is -0.445 e. The van der Waals surface area contributed by atoms with Crippen molar-refractivity contribution >= 4 is 22.9 Å². The van der Waals surface area contributed by atoms with E-state index in [2.05, 4.69) is 4.98 Å². The quantitative estimate of drug-likeness (QED) is 0.604. The molecule has 0 spiro atoms. The predicted molar refractivity (Wildman–Crippen MR) is 111 cm³/mol. The Kier molecular flexibility index (Phi) is 5.60. The Balaban J connectivity index is 1.54. The number of piperidine rings is 1. The van der Waals surface area contributed by atoms with Crippen molar-refractivity contribution < 1.29 is 14.3 Å². The van der Waals surface area contributed by atoms with Crippen molar-refractivity contribution in [3.8, 4) is 0 Å². The number of aromatic nitrogens is 2. The lowest BCUT2D eigenvalue weighted by Crippen LogP contribution is -2.46. The summed E-state index contributed by atoms with van der Waals surface area (Å²) in [4.78, 5) is 31.3. The highest BCUT2D eigenvalue weighted by molar-refractivity contribution is 5.94. The zero-order chi connectivity index (χ0) is 20.2. The smallest absolute Gasteiger partial charge is 0.410 e. The summed E-state index contributed by atoms with van der Waals surface area (Å²) in [5.74, 6) is 0.365. The van der Waals surface area contributed by atoms with Crippen LogP contribution in [0.25, 0.3) is 11.0 Å². The maximum atomic E-state index is 12.8. The molecule has 2 aromatic carbocycles. The molecular weight excluding hydrogens is 366 g/mol. The molecule has 0 saturated carbocycles. The van der Waals surface area contributed by atoms with Crippen LogP contribution in [0.3, 0.4) is 0 Å². The van der Waals surface area contributed by atoms with Gasteiger partial charge in [0.1, 0.15) is 6.61 Å². The molecule has 0 unspecified atom stereocenters. The second-order valence-corrected chi connectivity index (χ2v) is 7.47. The number of amides is 1. The number of ketones is 1. The molecule has 1 aliphatic rings. The van der Waals surface area contributed by atoms with E-state index in [0.717, 1.165) is 35.9 Å². The van der Waals surface area contributed by atoms with E-state index in [9.17, 15) is 9.59 Å². The molecule has 1 amide bonds. The van der Waals surface area contributed by atoms with Gasteiger partial charge in [-0.3, -0.25) is 4.79 Å². The molecule has 0 radical (unpaired) electrons. The van der Waals surface area contributed by atoms with Gasteiger partial charge in [0.2, 0.25) is 0 Å². The Morgan fingerprint density at radius 2 is 1.83 bits per heavy atom. The van der Waals surface area contributed by atoms with Gasteiger partial charge in [-0.15, -0.1) is 0 Å². The number of para-hydroxylation sites is 2. The number of fused-ring (bicyclic) bond motifs is 1. The molecule has 0 N–H and O–H groups in total. The highest BCUT2D eigenvalue weighted by Gasteiger charge is 2.29. The third-order valence-corrected chi connectivity index (χ3v) is 5.43. The molecule has 150 valence electrons. The molecule has 0 bridgehead atoms. The predicted octanol–water partition coefficient (Wildman–Crippen LogP) is 4.43. The number of carbonyl (C=O) groups excluding carboxylic acids is 2. The fourth-order valence-electron chi connectivity index (χ4n) is 3.97. The van der Waals surface area contributed by atoms with E-state index in [4.69, 9.17) is 4.74 Å². The van der Waals surface area contributed by atoms with E-state index >= 15 is 0 Å². The number of rotatable bonds is 5. The molecule has 2 heterocycles. The van der Waals surface area contributed by atoms with E-state index in [1.54, 1.807) is 0 Å². The van der Waals surface area contributed by atoms with Crippen LogP contribution in [0.5, 0.6) is 0 Å². The van der Waals surface area contributed by atoms with E-state index in [1.807, 2.05) is 64.1 Å². The van der Waals surface area contributed by atoms with Crippen molar-refractivity contribution in [3.05, 3.63) is 66.0 Å². The molecule has 4 rings (SSSR count). The molecule has 6 heteroatoms. The first-order valence-electron chi connectivity index (χ1n) is 10.1. The first-order chi connectivity index (χ1) is 14.1. The van der Waals surface area contributed by atoms with Crippen LogP contribution in [-0.4, -0.2) is 38.9 Å². The van der Waals surface area contributed by atoms with E-state index in [0.29, 0.717) is 18.9 Å². The number of Topliss-reactive ketones (excluding diaryl/α,β-unsaturated/α-hetero) is 1. The van der Waals surface area contributed by atoms with Gasteiger partial charge in [-0.25, -0.2) is 9.78 Å². The fourth-order valence-corrected chi connectivity index (χ4v) is 3.97. The summed E-state index contributed by atoms with van der Waals surface area (Å²) in [6, 6.07) is 17.4. The molecule has 29 heavy (non-hydrogen) atoms. The van der Waals surface area contributed by atoms with Crippen molar-refractivity contribution in [3.63, 3.8) is 0 Å². The van der Waals surface area contributed by atoms with Gasteiger partial charge < -0.3 is 14.2 Å². The summed E-state index contributed by atoms with van der Waals surface area (Å²) < 4.78 is 7.53. The SMILES string of the molecule is CC(=O)c1nc2ccccc2n1C[C@@H]1CCCCN1C(=O)OCc1ccccc1. The molecule has 1 fully saturated rings. The summed E-state index contributed by atoms with van der Waals surface area (Å²) in [6.45, 7) is 3.00. The van der Waals surface area contributed by atoms with Crippen molar-refractivity contribution in [1.29, 1.82) is 0 Å². The highest BCUT2D eigenvalue weighted by atomic mass is 16.6. The monoisotopic (exact) mass is 391 g/mol. The van der Waals surface area contributed by atoms with Crippen LogP contribution in [0.15, 0.2) is 54.6 Å². The minimum absolute atomic E-state index is 0.0253. The number of imidazole rings is 1. The standard InChI is InChI=1S/C23H25N3O3/c1-17(27)22-24-20-12-5-6-13-21(20)26(22)15-19-11-7-8-14-25(19)23(28)29-16-18-9-3-2-4-10-18/h2-6,9-10,12-13,19H,7-8,11,14-16H2,1H3/t19-/m0/s1. The van der Waals surface area contributed by atoms with Gasteiger partial charge in [0.25, 0.3) is 0 Å². The third-order valence-electron chi connectivity index (χ3n) is 5.43. The lowest BCUT2D eigenvalue weighted by molar-refractivity contribution is 0.0638. The average Bonchev–Trinajstić information content (AvgIpc) is 3.12. The number of nitrogens with zero attached hydrogens (tertiary/aromatic N) is 3. The van der Waals surface area contributed by atoms with Crippen molar-refractivity contribution in [1.82, 2.24) is 14.5 Å². The number of hydrogen-bond donors (Lipinski definition) is 0. The van der Waals surface area contributed by atoms with Gasteiger partial charge >= 0.3 is 6.09 Å². The topological polar surface area (TPSA) is 64.4 Å². The zero-order valence-corrected chi connectivity index (χ0v) is 16.6. The van der Waals surface area contributed by atoms with Crippen LogP contribution in [0.2, 0.25) is 0 Å². The van der Waals surface area contributed by atoms with Gasteiger partial charge in [0.05, 0.1) is 17.1 Å². The highest BCUT2D eigenvalue weighted by Crippen LogP contribution is 2.24. The molecule has 3 aromatic rings. The number of benzene rings is 2. The summed E-state index contributed by atoms with van der Waals surface area (Å²) in [5, 5.41) is 0.